The van der Waals surface area contributed by atoms with Crippen LogP contribution in [-0.2, 0) is 26.9 Å². The van der Waals surface area contributed by atoms with Crippen molar-refractivity contribution < 1.29 is 37.3 Å². The van der Waals surface area contributed by atoms with Gasteiger partial charge in [0.2, 0.25) is 0 Å². The van der Waals surface area contributed by atoms with Gasteiger partial charge in [-0.3, -0.25) is 9.59 Å². The zero-order valence-corrected chi connectivity index (χ0v) is 23.1. The highest BCUT2D eigenvalue weighted by atomic mass is 19.4. The van der Waals surface area contributed by atoms with E-state index in [0.29, 0.717) is 11.3 Å². The molecule has 3 aromatic rings. The minimum absolute atomic E-state index is 0.0122. The number of aliphatic hydroxyl groups is 1. The summed E-state index contributed by atoms with van der Waals surface area (Å²) in [6, 6.07) is 19.5. The van der Waals surface area contributed by atoms with Crippen molar-refractivity contribution in [3.63, 3.8) is 0 Å². The number of nitrogens with zero attached hydrogens (tertiary/aromatic N) is 2. The van der Waals surface area contributed by atoms with Gasteiger partial charge in [-0.2, -0.15) is 13.2 Å². The van der Waals surface area contributed by atoms with Gasteiger partial charge in [0.15, 0.2) is 6.10 Å². The van der Waals surface area contributed by atoms with E-state index in [1.165, 1.54) is 31.1 Å². The highest BCUT2D eigenvalue weighted by molar-refractivity contribution is 6.00. The van der Waals surface area contributed by atoms with E-state index < -0.39 is 41.7 Å². The molecule has 0 fully saturated rings. The number of methoxy groups -OCH3 is 1. The van der Waals surface area contributed by atoms with Gasteiger partial charge in [0.1, 0.15) is 5.75 Å². The molecule has 1 heterocycles. The lowest BCUT2D eigenvalue weighted by Crippen LogP contribution is -2.46. The number of carbonyl (C=O) groups excluding carboxylic acids is 2. The Hall–Kier alpha value is -3.89. The molecule has 0 spiro atoms. The van der Waals surface area contributed by atoms with E-state index >= 15 is 0 Å². The van der Waals surface area contributed by atoms with Gasteiger partial charge < -0.3 is 24.4 Å². The van der Waals surface area contributed by atoms with Crippen LogP contribution in [0.1, 0.15) is 41.2 Å². The molecule has 7 nitrogen and oxygen atoms in total. The third-order valence-electron chi connectivity index (χ3n) is 7.26. The number of halogens is 3. The second-order valence-electron chi connectivity index (χ2n) is 10.1. The maximum Gasteiger partial charge on any atom is 0.416 e. The number of benzene rings is 3. The molecule has 218 valence electrons. The van der Waals surface area contributed by atoms with E-state index in [-0.39, 0.29) is 37.3 Å². The van der Waals surface area contributed by atoms with Crippen LogP contribution in [0, 0.1) is 0 Å². The molecule has 0 saturated carbocycles. The Morgan fingerprint density at radius 2 is 1.76 bits per heavy atom. The second kappa shape index (κ2) is 12.7. The largest absolute Gasteiger partial charge is 0.497 e. The van der Waals surface area contributed by atoms with Crippen molar-refractivity contribution in [2.45, 2.75) is 37.6 Å². The lowest BCUT2D eigenvalue weighted by Gasteiger charge is -2.30. The standard InChI is InChI=1S/C31H33F3N2O5/c1-20(37)41-29-24(21-12-14-23(40-3)15-13-21)18-25-26(31(32,33)34)10-7-11-27(25)36(30(29)39)17-16-35(2)19-28(38)22-8-5-4-6-9-22/h4-15,24,28-29,38H,16-19H2,1-3H3/t24?,28?,29-/m1/s1. The van der Waals surface area contributed by atoms with Crippen molar-refractivity contribution in [3.8, 4) is 5.75 Å². The first-order valence-corrected chi connectivity index (χ1v) is 13.2. The number of aliphatic hydroxyl groups excluding tert-OH is 1. The number of hydrogen-bond donors (Lipinski definition) is 1. The summed E-state index contributed by atoms with van der Waals surface area (Å²) < 4.78 is 53.5. The SMILES string of the molecule is COc1ccc(C2Cc3c(cccc3C(F)(F)F)N(CCN(C)CC(O)c3ccccc3)C(=O)[C@@H]2OC(C)=O)cc1. The summed E-state index contributed by atoms with van der Waals surface area (Å²) in [5.41, 5.74) is 0.495. The molecule has 3 atom stereocenters. The Kier molecular flexibility index (Phi) is 9.35. The van der Waals surface area contributed by atoms with Gasteiger partial charge in [0.05, 0.1) is 18.8 Å². The highest BCUT2D eigenvalue weighted by Crippen LogP contribution is 2.43. The molecule has 2 unspecified atom stereocenters. The number of hydrogen-bond acceptors (Lipinski definition) is 6. The van der Waals surface area contributed by atoms with Crippen LogP contribution in [0.15, 0.2) is 72.8 Å². The van der Waals surface area contributed by atoms with Gasteiger partial charge in [0.25, 0.3) is 5.91 Å². The fourth-order valence-electron chi connectivity index (χ4n) is 5.20. The predicted octanol–water partition coefficient (Wildman–Crippen LogP) is 4.98. The Bertz CT molecular complexity index is 1350. The summed E-state index contributed by atoms with van der Waals surface area (Å²) >= 11 is 0. The minimum atomic E-state index is -4.66. The molecule has 10 heteroatoms. The van der Waals surface area contributed by atoms with Crippen molar-refractivity contribution in [1.29, 1.82) is 0 Å². The average Bonchev–Trinajstić information content (AvgIpc) is 3.05. The third kappa shape index (κ3) is 7.07. The normalized spacial score (nSPS) is 18.0. The molecule has 3 aromatic carbocycles. The first-order valence-electron chi connectivity index (χ1n) is 13.2. The Morgan fingerprint density at radius 3 is 2.37 bits per heavy atom. The summed E-state index contributed by atoms with van der Waals surface area (Å²) in [4.78, 5) is 29.3. The first kappa shape index (κ1) is 30.1. The molecule has 1 aliphatic heterocycles. The molecule has 0 aliphatic carbocycles. The summed E-state index contributed by atoms with van der Waals surface area (Å²) in [6.45, 7) is 1.66. The minimum Gasteiger partial charge on any atom is -0.497 e. The number of alkyl halides is 3. The van der Waals surface area contributed by atoms with Gasteiger partial charge in [-0.15, -0.1) is 0 Å². The predicted molar refractivity (Wildman–Crippen MR) is 148 cm³/mol. The van der Waals surface area contributed by atoms with Crippen LogP contribution < -0.4 is 9.64 Å². The number of fused-ring (bicyclic) bond motifs is 1. The van der Waals surface area contributed by atoms with Crippen molar-refractivity contribution in [1.82, 2.24) is 4.90 Å². The molecule has 1 aliphatic rings. The van der Waals surface area contributed by atoms with Crippen LogP contribution in [0.2, 0.25) is 0 Å². The molecule has 4 rings (SSSR count). The van der Waals surface area contributed by atoms with E-state index in [1.54, 1.807) is 48.3 Å². The van der Waals surface area contributed by atoms with E-state index in [4.69, 9.17) is 9.47 Å². The Morgan fingerprint density at radius 1 is 1.07 bits per heavy atom. The van der Waals surface area contributed by atoms with Crippen LogP contribution in [-0.4, -0.2) is 61.8 Å². The van der Waals surface area contributed by atoms with Gasteiger partial charge in [-0.25, -0.2) is 0 Å². The Balaban J connectivity index is 1.71. The Labute approximate surface area is 237 Å². The van der Waals surface area contributed by atoms with Crippen LogP contribution in [0.3, 0.4) is 0 Å². The summed E-state index contributed by atoms with van der Waals surface area (Å²) in [6.07, 6.45) is -6.99. The van der Waals surface area contributed by atoms with Crippen molar-refractivity contribution in [2.75, 3.05) is 38.7 Å². The molecule has 1 N–H and O–H groups in total. The van der Waals surface area contributed by atoms with E-state index in [2.05, 4.69) is 0 Å². The number of ether oxygens (including phenoxy) is 2. The monoisotopic (exact) mass is 570 g/mol. The molecule has 1 amide bonds. The summed E-state index contributed by atoms with van der Waals surface area (Å²) in [5, 5.41) is 10.6. The van der Waals surface area contributed by atoms with Crippen molar-refractivity contribution in [2.24, 2.45) is 0 Å². The van der Waals surface area contributed by atoms with Gasteiger partial charge in [0, 0.05) is 38.2 Å². The number of carbonyl (C=O) groups is 2. The summed E-state index contributed by atoms with van der Waals surface area (Å²) in [7, 11) is 3.25. The van der Waals surface area contributed by atoms with E-state index in [9.17, 15) is 27.9 Å². The second-order valence-corrected chi connectivity index (χ2v) is 10.1. The number of esters is 1. The van der Waals surface area contributed by atoms with Crippen LogP contribution in [0.25, 0.3) is 0 Å². The molecular formula is C31H33F3N2O5. The lowest BCUT2D eigenvalue weighted by molar-refractivity contribution is -0.154. The van der Waals surface area contributed by atoms with Crippen molar-refractivity contribution in [3.05, 3.63) is 95.1 Å². The number of likely N-dealkylation sites (N-methyl/N-ethyl adjacent to an activating group) is 1. The molecule has 0 aromatic heterocycles. The average molecular weight is 571 g/mol. The fraction of sp³-hybridized carbons (Fsp3) is 0.355. The smallest absolute Gasteiger partial charge is 0.416 e. The number of rotatable bonds is 9. The zero-order valence-electron chi connectivity index (χ0n) is 23.1. The molecule has 41 heavy (non-hydrogen) atoms. The highest BCUT2D eigenvalue weighted by Gasteiger charge is 2.44. The van der Waals surface area contributed by atoms with Gasteiger partial charge in [-0.1, -0.05) is 48.5 Å². The first-order chi connectivity index (χ1) is 19.5. The topological polar surface area (TPSA) is 79.3 Å². The molecule has 0 bridgehead atoms. The van der Waals surface area contributed by atoms with E-state index in [1.807, 2.05) is 18.2 Å². The molecule has 0 radical (unpaired) electrons. The quantitative estimate of drug-likeness (QED) is 0.366. The lowest BCUT2D eigenvalue weighted by atomic mass is 9.86. The molecule has 0 saturated heterocycles. The van der Waals surface area contributed by atoms with Crippen LogP contribution >= 0.6 is 0 Å². The maximum atomic E-state index is 14.2. The van der Waals surface area contributed by atoms with Gasteiger partial charge in [-0.05, 0) is 54.4 Å². The number of amides is 1. The van der Waals surface area contributed by atoms with Crippen LogP contribution in [0.5, 0.6) is 5.75 Å². The fourth-order valence-corrected chi connectivity index (χ4v) is 5.20. The van der Waals surface area contributed by atoms with Crippen LogP contribution in [0.4, 0.5) is 18.9 Å². The zero-order chi connectivity index (χ0) is 29.7. The summed E-state index contributed by atoms with van der Waals surface area (Å²) in [5.74, 6) is -1.67. The molecular weight excluding hydrogens is 537 g/mol. The van der Waals surface area contributed by atoms with Crippen molar-refractivity contribution >= 4 is 17.6 Å². The third-order valence-corrected chi connectivity index (χ3v) is 7.26. The maximum absolute atomic E-state index is 14.2. The number of anilines is 1. The van der Waals surface area contributed by atoms with E-state index in [0.717, 1.165) is 11.6 Å². The van der Waals surface area contributed by atoms with Gasteiger partial charge >= 0.3 is 12.1 Å².